The first kappa shape index (κ1) is 13.9. The number of rotatable bonds is 4. The minimum Gasteiger partial charge on any atom is -0.496 e. The first-order chi connectivity index (χ1) is 9.71. The molecule has 20 heavy (non-hydrogen) atoms. The highest BCUT2D eigenvalue weighted by Gasteiger charge is 2.31. The highest BCUT2D eigenvalue weighted by molar-refractivity contribution is 5.40. The van der Waals surface area contributed by atoms with Crippen molar-refractivity contribution in [2.75, 3.05) is 20.2 Å². The van der Waals surface area contributed by atoms with Crippen molar-refractivity contribution in [1.29, 1.82) is 0 Å². The summed E-state index contributed by atoms with van der Waals surface area (Å²) >= 11 is 0. The second kappa shape index (κ2) is 5.74. The zero-order chi connectivity index (χ0) is 14.0. The quantitative estimate of drug-likeness (QED) is 0.917. The van der Waals surface area contributed by atoms with Gasteiger partial charge in [-0.1, -0.05) is 18.9 Å². The maximum Gasteiger partial charge on any atom is 0.123 e. The van der Waals surface area contributed by atoms with E-state index in [1.807, 2.05) is 0 Å². The Morgan fingerprint density at radius 2 is 1.85 bits per heavy atom. The van der Waals surface area contributed by atoms with Crippen LogP contribution < -0.4 is 10.5 Å². The van der Waals surface area contributed by atoms with Gasteiger partial charge in [-0.2, -0.15) is 0 Å². The lowest BCUT2D eigenvalue weighted by Gasteiger charge is -2.26. The monoisotopic (exact) mass is 274 g/mol. The molecule has 1 saturated carbocycles. The maximum atomic E-state index is 6.59. The molecule has 1 aromatic carbocycles. The molecule has 0 bridgehead atoms. The molecule has 0 spiro atoms. The van der Waals surface area contributed by atoms with Crippen molar-refractivity contribution in [1.82, 2.24) is 4.90 Å². The molecule has 0 radical (unpaired) electrons. The molecule has 0 amide bonds. The Balaban J connectivity index is 1.85. The first-order valence-electron chi connectivity index (χ1n) is 7.90. The minimum atomic E-state index is -0.105. The van der Waals surface area contributed by atoms with E-state index >= 15 is 0 Å². The molecule has 0 unspecified atom stereocenters. The van der Waals surface area contributed by atoms with Crippen molar-refractivity contribution in [2.24, 2.45) is 5.73 Å². The van der Waals surface area contributed by atoms with E-state index in [2.05, 4.69) is 23.1 Å². The van der Waals surface area contributed by atoms with E-state index < -0.39 is 0 Å². The van der Waals surface area contributed by atoms with Crippen LogP contribution in [-0.2, 0) is 12.1 Å². The van der Waals surface area contributed by atoms with Gasteiger partial charge in [0.25, 0.3) is 0 Å². The molecule has 2 N–H and O–H groups in total. The number of nitrogens with zero attached hydrogens (tertiary/aromatic N) is 1. The summed E-state index contributed by atoms with van der Waals surface area (Å²) in [6.45, 7) is 3.41. The third-order valence-electron chi connectivity index (χ3n) is 4.94. The molecule has 0 aromatic heterocycles. The molecule has 110 valence electrons. The van der Waals surface area contributed by atoms with E-state index in [1.54, 1.807) is 7.11 Å². The zero-order valence-electron chi connectivity index (χ0n) is 12.5. The van der Waals surface area contributed by atoms with Gasteiger partial charge in [0, 0.05) is 17.6 Å². The maximum absolute atomic E-state index is 6.59. The van der Waals surface area contributed by atoms with Crippen LogP contribution in [0.15, 0.2) is 18.2 Å². The second-order valence-corrected chi connectivity index (χ2v) is 6.37. The van der Waals surface area contributed by atoms with Gasteiger partial charge in [0.2, 0.25) is 0 Å². The molecule has 2 fully saturated rings. The third kappa shape index (κ3) is 2.70. The summed E-state index contributed by atoms with van der Waals surface area (Å²) in [4.78, 5) is 2.51. The Morgan fingerprint density at radius 3 is 2.50 bits per heavy atom. The van der Waals surface area contributed by atoms with Crippen LogP contribution in [0.5, 0.6) is 5.75 Å². The van der Waals surface area contributed by atoms with Gasteiger partial charge in [-0.05, 0) is 56.5 Å². The molecule has 3 heteroatoms. The van der Waals surface area contributed by atoms with E-state index in [0.717, 1.165) is 25.1 Å². The number of nitrogens with two attached hydrogens (primary N) is 1. The number of ether oxygens (including phenoxy) is 1. The molecule has 1 aliphatic carbocycles. The third-order valence-corrected chi connectivity index (χ3v) is 4.94. The average Bonchev–Trinajstić information content (AvgIpc) is 3.11. The highest BCUT2D eigenvalue weighted by atomic mass is 16.5. The van der Waals surface area contributed by atoms with E-state index in [-0.39, 0.29) is 5.54 Å². The Morgan fingerprint density at radius 1 is 1.15 bits per heavy atom. The fraction of sp³-hybridized carbons (Fsp3) is 0.647. The lowest BCUT2D eigenvalue weighted by atomic mass is 9.88. The lowest BCUT2D eigenvalue weighted by molar-refractivity contribution is 0.320. The van der Waals surface area contributed by atoms with Crippen LogP contribution in [0, 0.1) is 0 Å². The molecule has 1 aliphatic heterocycles. The summed E-state index contributed by atoms with van der Waals surface area (Å²) in [5, 5.41) is 0. The molecular weight excluding hydrogens is 248 g/mol. The van der Waals surface area contributed by atoms with Gasteiger partial charge >= 0.3 is 0 Å². The average molecular weight is 274 g/mol. The number of hydrogen-bond donors (Lipinski definition) is 1. The predicted molar refractivity (Wildman–Crippen MR) is 81.8 cm³/mol. The molecular formula is C17H26N2O. The number of methoxy groups -OCH3 is 1. The molecule has 2 aliphatic rings. The highest BCUT2D eigenvalue weighted by Crippen LogP contribution is 2.38. The Kier molecular flexibility index (Phi) is 3.99. The number of benzene rings is 1. The summed E-state index contributed by atoms with van der Waals surface area (Å²) < 4.78 is 5.54. The normalized spacial score (nSPS) is 22.3. The molecule has 3 rings (SSSR count). The van der Waals surface area contributed by atoms with Crippen LogP contribution in [0.25, 0.3) is 0 Å². The van der Waals surface area contributed by atoms with Gasteiger partial charge in [0.15, 0.2) is 0 Å². The van der Waals surface area contributed by atoms with Crippen molar-refractivity contribution in [3.05, 3.63) is 29.3 Å². The van der Waals surface area contributed by atoms with Gasteiger partial charge in [-0.25, -0.2) is 0 Å². The van der Waals surface area contributed by atoms with Crippen molar-refractivity contribution < 1.29 is 4.74 Å². The molecule has 1 aromatic rings. The Labute approximate surface area is 122 Å². The summed E-state index contributed by atoms with van der Waals surface area (Å²) in [7, 11) is 1.76. The van der Waals surface area contributed by atoms with Crippen molar-refractivity contribution in [3.63, 3.8) is 0 Å². The summed E-state index contributed by atoms with van der Waals surface area (Å²) in [6, 6.07) is 6.56. The van der Waals surface area contributed by atoms with Gasteiger partial charge in [-0.15, -0.1) is 0 Å². The van der Waals surface area contributed by atoms with Crippen LogP contribution >= 0.6 is 0 Å². The number of hydrogen-bond acceptors (Lipinski definition) is 3. The Hall–Kier alpha value is -1.06. The van der Waals surface area contributed by atoms with Crippen LogP contribution in [-0.4, -0.2) is 25.1 Å². The number of likely N-dealkylation sites (tertiary alicyclic amines) is 1. The van der Waals surface area contributed by atoms with Gasteiger partial charge < -0.3 is 10.5 Å². The van der Waals surface area contributed by atoms with Crippen molar-refractivity contribution in [2.45, 2.75) is 50.6 Å². The summed E-state index contributed by atoms with van der Waals surface area (Å²) in [6.07, 6.45) is 7.38. The lowest BCUT2D eigenvalue weighted by Crippen LogP contribution is -2.33. The van der Waals surface area contributed by atoms with Crippen LogP contribution in [0.2, 0.25) is 0 Å². The van der Waals surface area contributed by atoms with E-state index in [4.69, 9.17) is 10.5 Å². The van der Waals surface area contributed by atoms with Crippen LogP contribution in [0.4, 0.5) is 0 Å². The molecule has 1 saturated heterocycles. The summed E-state index contributed by atoms with van der Waals surface area (Å²) in [5.74, 6) is 1.00. The van der Waals surface area contributed by atoms with Crippen molar-refractivity contribution in [3.8, 4) is 5.75 Å². The minimum absolute atomic E-state index is 0.105. The molecule has 0 atom stereocenters. The predicted octanol–water partition coefficient (Wildman–Crippen LogP) is 3.02. The molecule has 1 heterocycles. The van der Waals surface area contributed by atoms with Gasteiger partial charge in [-0.3, -0.25) is 4.90 Å². The Bertz CT molecular complexity index is 460. The van der Waals surface area contributed by atoms with Crippen molar-refractivity contribution >= 4 is 0 Å². The zero-order valence-corrected chi connectivity index (χ0v) is 12.5. The van der Waals surface area contributed by atoms with Crippen LogP contribution in [0.3, 0.4) is 0 Å². The van der Waals surface area contributed by atoms with E-state index in [9.17, 15) is 0 Å². The fourth-order valence-electron chi connectivity index (χ4n) is 3.69. The van der Waals surface area contributed by atoms with Crippen LogP contribution in [0.1, 0.15) is 49.7 Å². The smallest absolute Gasteiger partial charge is 0.123 e. The fourth-order valence-corrected chi connectivity index (χ4v) is 3.69. The van der Waals surface area contributed by atoms with E-state index in [0.29, 0.717) is 0 Å². The topological polar surface area (TPSA) is 38.5 Å². The standard InChI is InChI=1S/C17H26N2O/c1-20-16-7-6-15(17(18)8-2-3-9-17)12-14(16)13-19-10-4-5-11-19/h6-7,12H,2-5,8-11,13,18H2,1H3. The molecule has 3 nitrogen and oxygen atoms in total. The largest absolute Gasteiger partial charge is 0.496 e. The van der Waals surface area contributed by atoms with E-state index in [1.165, 1.54) is 49.9 Å². The summed E-state index contributed by atoms with van der Waals surface area (Å²) in [5.41, 5.74) is 9.08. The SMILES string of the molecule is COc1ccc(C2(N)CCCC2)cc1CN1CCCC1. The first-order valence-corrected chi connectivity index (χ1v) is 7.90. The van der Waals surface area contributed by atoms with Gasteiger partial charge in [0.1, 0.15) is 5.75 Å². The second-order valence-electron chi connectivity index (χ2n) is 6.37. The van der Waals surface area contributed by atoms with Gasteiger partial charge in [0.05, 0.1) is 7.11 Å².